The molecule has 0 spiro atoms. The second-order valence-electron chi connectivity index (χ2n) is 7.61. The number of carbonyl (C=O) groups is 1. The molecule has 3 N–H and O–H groups in total. The van der Waals surface area contributed by atoms with E-state index < -0.39 is 0 Å². The van der Waals surface area contributed by atoms with Crippen molar-refractivity contribution in [1.29, 1.82) is 0 Å². The number of nitrogens with two attached hydrogens (primary N) is 1. The van der Waals surface area contributed by atoms with Gasteiger partial charge in [-0.05, 0) is 12.1 Å². The molecular formula is C20H25N9O2. The molecule has 3 aromatic heterocycles. The number of piperazine rings is 1. The zero-order chi connectivity index (χ0) is 21.2. The number of nitrogens with one attached hydrogen (secondary N) is 1. The normalized spacial score (nSPS) is 17.3. The van der Waals surface area contributed by atoms with E-state index in [9.17, 15) is 4.79 Å². The second kappa shape index (κ2) is 8.44. The summed E-state index contributed by atoms with van der Waals surface area (Å²) in [6.07, 6.45) is 3.42. The zero-order valence-electron chi connectivity index (χ0n) is 17.2. The maximum Gasteiger partial charge on any atom is 0.244 e. The first-order valence-electron chi connectivity index (χ1n) is 10.5. The maximum atomic E-state index is 12.8. The fourth-order valence-corrected chi connectivity index (χ4v) is 3.87. The lowest BCUT2D eigenvalue weighted by Gasteiger charge is -2.28. The van der Waals surface area contributed by atoms with Crippen molar-refractivity contribution in [3.63, 3.8) is 0 Å². The van der Waals surface area contributed by atoms with E-state index in [4.69, 9.17) is 20.4 Å². The standard InChI is InChI=1S/C20H25N9O2/c21-16-2-1-14(11-23-16)18-15-12-24-29(13-17(30)27-5-3-22-4-6-27)19(15)26-20(25-18)28-7-9-31-10-8-28/h1-2,11-12,22H,3-10,13H2,(H2,21,23). The number of nitrogen functional groups attached to an aromatic ring is 1. The number of fused-ring (bicyclic) bond motifs is 1. The largest absolute Gasteiger partial charge is 0.384 e. The number of carbonyl (C=O) groups excluding carboxylic acids is 1. The quantitative estimate of drug-likeness (QED) is 0.583. The number of morpholine rings is 1. The number of rotatable bonds is 4. The Balaban J connectivity index is 1.55. The molecular weight excluding hydrogens is 398 g/mol. The highest BCUT2D eigenvalue weighted by atomic mass is 16.5. The van der Waals surface area contributed by atoms with E-state index >= 15 is 0 Å². The SMILES string of the molecule is Nc1ccc(-c2nc(N3CCOCC3)nc3c2cnn3CC(=O)N2CCNCC2)cn1. The third-order valence-electron chi connectivity index (χ3n) is 5.59. The van der Waals surface area contributed by atoms with Crippen LogP contribution in [-0.2, 0) is 16.1 Å². The van der Waals surface area contributed by atoms with Gasteiger partial charge in [0.15, 0.2) is 5.65 Å². The summed E-state index contributed by atoms with van der Waals surface area (Å²) in [5.74, 6) is 1.08. The van der Waals surface area contributed by atoms with E-state index in [1.165, 1.54) is 0 Å². The molecule has 11 nitrogen and oxygen atoms in total. The topological polar surface area (TPSA) is 127 Å². The van der Waals surface area contributed by atoms with Crippen molar-refractivity contribution in [2.75, 3.05) is 63.1 Å². The minimum Gasteiger partial charge on any atom is -0.384 e. The van der Waals surface area contributed by atoms with Crippen molar-refractivity contribution in [2.24, 2.45) is 0 Å². The van der Waals surface area contributed by atoms with Crippen molar-refractivity contribution in [3.8, 4) is 11.3 Å². The van der Waals surface area contributed by atoms with Gasteiger partial charge in [0, 0.05) is 51.0 Å². The Kier molecular flexibility index (Phi) is 5.35. The van der Waals surface area contributed by atoms with Crippen LogP contribution in [0.15, 0.2) is 24.5 Å². The molecule has 2 saturated heterocycles. The van der Waals surface area contributed by atoms with Gasteiger partial charge < -0.3 is 25.6 Å². The Bertz CT molecular complexity index is 1070. The minimum atomic E-state index is 0.0359. The van der Waals surface area contributed by atoms with Crippen LogP contribution in [0, 0.1) is 0 Å². The van der Waals surface area contributed by atoms with Crippen LogP contribution in [0.4, 0.5) is 11.8 Å². The van der Waals surface area contributed by atoms with Gasteiger partial charge in [0.1, 0.15) is 12.4 Å². The summed E-state index contributed by atoms with van der Waals surface area (Å²) in [7, 11) is 0. The molecule has 0 aliphatic carbocycles. The highest BCUT2D eigenvalue weighted by Crippen LogP contribution is 2.28. The van der Waals surface area contributed by atoms with E-state index in [1.807, 2.05) is 11.0 Å². The van der Waals surface area contributed by atoms with Gasteiger partial charge in [-0.25, -0.2) is 14.6 Å². The minimum absolute atomic E-state index is 0.0359. The van der Waals surface area contributed by atoms with Crippen LogP contribution in [0.3, 0.4) is 0 Å². The van der Waals surface area contributed by atoms with Gasteiger partial charge in [-0.1, -0.05) is 0 Å². The Morgan fingerprint density at radius 2 is 1.90 bits per heavy atom. The fraction of sp³-hybridized carbons (Fsp3) is 0.450. The smallest absolute Gasteiger partial charge is 0.244 e. The van der Waals surface area contributed by atoms with Crippen LogP contribution < -0.4 is 16.0 Å². The lowest BCUT2D eigenvalue weighted by atomic mass is 10.1. The van der Waals surface area contributed by atoms with Gasteiger partial charge in [-0.2, -0.15) is 10.1 Å². The van der Waals surface area contributed by atoms with E-state index in [-0.39, 0.29) is 12.5 Å². The molecule has 1 amide bonds. The predicted molar refractivity (Wildman–Crippen MR) is 115 cm³/mol. The molecule has 11 heteroatoms. The highest BCUT2D eigenvalue weighted by Gasteiger charge is 2.22. The van der Waals surface area contributed by atoms with Crippen LogP contribution in [0.2, 0.25) is 0 Å². The fourth-order valence-electron chi connectivity index (χ4n) is 3.87. The van der Waals surface area contributed by atoms with E-state index in [0.29, 0.717) is 56.8 Å². The number of nitrogens with zero attached hydrogens (tertiary/aromatic N) is 7. The van der Waals surface area contributed by atoms with E-state index in [0.717, 1.165) is 29.7 Å². The predicted octanol–water partition coefficient (Wildman–Crippen LogP) is -0.261. The summed E-state index contributed by atoms with van der Waals surface area (Å²) in [4.78, 5) is 30.6. The van der Waals surface area contributed by atoms with Crippen molar-refractivity contribution in [2.45, 2.75) is 6.54 Å². The molecule has 0 saturated carbocycles. The molecule has 0 radical (unpaired) electrons. The van der Waals surface area contributed by atoms with Crippen molar-refractivity contribution >= 4 is 28.7 Å². The highest BCUT2D eigenvalue weighted by molar-refractivity contribution is 5.91. The summed E-state index contributed by atoms with van der Waals surface area (Å²) >= 11 is 0. The number of aromatic nitrogens is 5. The zero-order valence-corrected chi connectivity index (χ0v) is 17.2. The lowest BCUT2D eigenvalue weighted by Crippen LogP contribution is -2.47. The molecule has 5 rings (SSSR count). The third-order valence-corrected chi connectivity index (χ3v) is 5.59. The molecule has 2 aliphatic rings. The van der Waals surface area contributed by atoms with Crippen molar-refractivity contribution < 1.29 is 9.53 Å². The Morgan fingerprint density at radius 1 is 1.10 bits per heavy atom. The molecule has 0 unspecified atom stereocenters. The van der Waals surface area contributed by atoms with Crippen LogP contribution >= 0.6 is 0 Å². The molecule has 0 bridgehead atoms. The van der Waals surface area contributed by atoms with Crippen molar-refractivity contribution in [3.05, 3.63) is 24.5 Å². The van der Waals surface area contributed by atoms with E-state index in [1.54, 1.807) is 23.1 Å². The summed E-state index contributed by atoms with van der Waals surface area (Å²) in [6, 6.07) is 3.63. The summed E-state index contributed by atoms with van der Waals surface area (Å²) in [5.41, 5.74) is 7.94. The van der Waals surface area contributed by atoms with Gasteiger partial charge in [0.25, 0.3) is 0 Å². The molecule has 0 aromatic carbocycles. The average molecular weight is 423 g/mol. The molecule has 162 valence electrons. The monoisotopic (exact) mass is 423 g/mol. The molecule has 3 aromatic rings. The lowest BCUT2D eigenvalue weighted by molar-refractivity contribution is -0.132. The number of anilines is 2. The molecule has 2 fully saturated rings. The van der Waals surface area contributed by atoms with Gasteiger partial charge in [0.2, 0.25) is 11.9 Å². The first kappa shape index (κ1) is 19.6. The number of ether oxygens (including phenoxy) is 1. The first-order chi connectivity index (χ1) is 15.2. The van der Waals surface area contributed by atoms with Crippen molar-refractivity contribution in [1.82, 2.24) is 34.9 Å². The van der Waals surface area contributed by atoms with Crippen LogP contribution in [0.25, 0.3) is 22.3 Å². The molecule has 31 heavy (non-hydrogen) atoms. The van der Waals surface area contributed by atoms with Gasteiger partial charge >= 0.3 is 0 Å². The van der Waals surface area contributed by atoms with E-state index in [2.05, 4.69) is 20.3 Å². The Labute approximate surface area is 179 Å². The van der Waals surface area contributed by atoms with Crippen LogP contribution in [0.1, 0.15) is 0 Å². The van der Waals surface area contributed by atoms with Crippen LogP contribution in [0.5, 0.6) is 0 Å². The molecule has 2 aliphatic heterocycles. The molecule has 0 atom stereocenters. The summed E-state index contributed by atoms with van der Waals surface area (Å²) < 4.78 is 7.14. The average Bonchev–Trinajstić information content (AvgIpc) is 3.23. The molecule has 5 heterocycles. The summed E-state index contributed by atoms with van der Waals surface area (Å²) in [5, 5.41) is 8.52. The summed E-state index contributed by atoms with van der Waals surface area (Å²) in [6.45, 7) is 5.83. The number of hydrogen-bond acceptors (Lipinski definition) is 9. The Morgan fingerprint density at radius 3 is 2.65 bits per heavy atom. The van der Waals surface area contributed by atoms with Gasteiger partial charge in [-0.15, -0.1) is 0 Å². The van der Waals surface area contributed by atoms with Crippen LogP contribution in [-0.4, -0.2) is 88.0 Å². The number of amides is 1. The first-order valence-corrected chi connectivity index (χ1v) is 10.5. The Hall–Kier alpha value is -3.31. The number of hydrogen-bond donors (Lipinski definition) is 2. The third kappa shape index (κ3) is 4.01. The maximum absolute atomic E-state index is 12.8. The number of pyridine rings is 1. The van der Waals surface area contributed by atoms with Gasteiger partial charge in [-0.3, -0.25) is 4.79 Å². The second-order valence-corrected chi connectivity index (χ2v) is 7.61. The van der Waals surface area contributed by atoms with Gasteiger partial charge in [0.05, 0.1) is 30.5 Å².